The van der Waals surface area contributed by atoms with Crippen molar-refractivity contribution in [2.75, 3.05) is 17.7 Å². The van der Waals surface area contributed by atoms with E-state index in [1.54, 1.807) is 24.3 Å². The summed E-state index contributed by atoms with van der Waals surface area (Å²) >= 11 is 0. The van der Waals surface area contributed by atoms with Crippen LogP contribution in [0, 0.1) is 18.6 Å². The Morgan fingerprint density at radius 2 is 0.965 bits per heavy atom. The second-order valence-corrected chi connectivity index (χ2v) is 12.1. The van der Waals surface area contributed by atoms with Crippen LogP contribution in [-0.2, 0) is 12.4 Å². The van der Waals surface area contributed by atoms with Crippen molar-refractivity contribution in [1.29, 1.82) is 0 Å². The summed E-state index contributed by atoms with van der Waals surface area (Å²) in [4.78, 5) is 23.4. The van der Waals surface area contributed by atoms with Crippen LogP contribution in [0.3, 0.4) is 0 Å². The summed E-state index contributed by atoms with van der Waals surface area (Å²) < 4.78 is 116. The molecule has 0 bridgehead atoms. The fourth-order valence-electron chi connectivity index (χ4n) is 5.55. The molecule has 8 rings (SSSR count). The fraction of sp³-hybridized carbons (Fsp3) is 0.105. The number of hydrogen-bond acceptors (Lipinski definition) is 9. The predicted molar refractivity (Wildman–Crippen MR) is 193 cm³/mol. The number of rotatable bonds is 7. The number of methoxy groups -OCH3 is 1. The summed E-state index contributed by atoms with van der Waals surface area (Å²) in [5.74, 6) is -0.655. The molecule has 57 heavy (non-hydrogen) atoms. The molecule has 0 aliphatic carbocycles. The highest BCUT2D eigenvalue weighted by Crippen LogP contribution is 2.38. The maximum Gasteiger partial charge on any atom is 0.435 e. The fourth-order valence-corrected chi connectivity index (χ4v) is 5.55. The molecule has 0 fully saturated rings. The summed E-state index contributed by atoms with van der Waals surface area (Å²) in [6.45, 7) is 1.94. The third-order valence-electron chi connectivity index (χ3n) is 8.12. The molecule has 0 aliphatic rings. The molecule has 2 aromatic carbocycles. The van der Waals surface area contributed by atoms with Crippen molar-refractivity contribution in [3.63, 3.8) is 0 Å². The van der Waals surface area contributed by atoms with E-state index in [1.165, 1.54) is 37.7 Å². The number of alkyl halides is 6. The van der Waals surface area contributed by atoms with Gasteiger partial charge in [0.05, 0.1) is 7.11 Å². The van der Waals surface area contributed by atoms with Crippen LogP contribution >= 0.6 is 0 Å². The topological polar surface area (TPSA) is 119 Å². The van der Waals surface area contributed by atoms with Crippen LogP contribution in [0.1, 0.15) is 17.0 Å². The number of nitrogens with zero attached hydrogens (tertiary/aromatic N) is 8. The van der Waals surface area contributed by atoms with E-state index in [4.69, 9.17) is 4.74 Å². The van der Waals surface area contributed by atoms with Gasteiger partial charge >= 0.3 is 12.4 Å². The highest BCUT2D eigenvalue weighted by Gasteiger charge is 2.40. The average molecular weight is 791 g/mol. The van der Waals surface area contributed by atoms with E-state index < -0.39 is 46.8 Å². The molecule has 0 spiro atoms. The molecule has 11 nitrogen and oxygen atoms in total. The number of imidazole rings is 2. The van der Waals surface area contributed by atoms with Crippen LogP contribution in [0.2, 0.25) is 0 Å². The van der Waals surface area contributed by atoms with Crippen LogP contribution in [0.5, 0.6) is 5.75 Å². The molecular weight excluding hydrogens is 764 g/mol. The first-order valence-electron chi connectivity index (χ1n) is 16.6. The maximum atomic E-state index is 13.7. The number of halogens is 8. The molecule has 8 aromatic rings. The van der Waals surface area contributed by atoms with E-state index in [1.807, 2.05) is 31.2 Å². The lowest BCUT2D eigenvalue weighted by Gasteiger charge is -2.10. The quantitative estimate of drug-likeness (QED) is 0.152. The van der Waals surface area contributed by atoms with Crippen molar-refractivity contribution in [3.05, 3.63) is 138 Å². The summed E-state index contributed by atoms with van der Waals surface area (Å²) in [6, 6.07) is 21.8. The van der Waals surface area contributed by atoms with Gasteiger partial charge in [0.15, 0.2) is 23.0 Å². The summed E-state index contributed by atoms with van der Waals surface area (Å²) in [5, 5.41) is 6.00. The minimum atomic E-state index is -4.76. The van der Waals surface area contributed by atoms with E-state index in [0.29, 0.717) is 17.3 Å². The number of fused-ring (bicyclic) bond motifs is 2. The van der Waals surface area contributed by atoms with Gasteiger partial charge in [-0.15, -0.1) is 0 Å². The number of hydrogen-bond donors (Lipinski definition) is 2. The summed E-state index contributed by atoms with van der Waals surface area (Å²) in [7, 11) is 1.54. The zero-order valence-corrected chi connectivity index (χ0v) is 29.4. The van der Waals surface area contributed by atoms with Crippen LogP contribution in [-0.4, -0.2) is 45.8 Å². The monoisotopic (exact) mass is 790 g/mol. The Labute approximate surface area is 316 Å². The molecule has 0 amide bonds. The average Bonchev–Trinajstić information content (AvgIpc) is 3.76. The van der Waals surface area contributed by atoms with Crippen molar-refractivity contribution in [2.45, 2.75) is 19.3 Å². The molecule has 0 atom stereocenters. The number of pyridine rings is 2. The predicted octanol–water partition coefficient (Wildman–Crippen LogP) is 9.70. The molecule has 0 unspecified atom stereocenters. The molecule has 19 heteroatoms. The van der Waals surface area contributed by atoms with Crippen molar-refractivity contribution in [3.8, 4) is 28.8 Å². The van der Waals surface area contributed by atoms with Gasteiger partial charge in [0, 0.05) is 36.2 Å². The zero-order valence-electron chi connectivity index (χ0n) is 29.4. The third kappa shape index (κ3) is 8.41. The molecule has 0 saturated heterocycles. The number of anilines is 4. The lowest BCUT2D eigenvalue weighted by Crippen LogP contribution is -2.09. The minimum Gasteiger partial charge on any atom is -0.497 e. The largest absolute Gasteiger partial charge is 0.497 e. The molecule has 0 aliphatic heterocycles. The van der Waals surface area contributed by atoms with Gasteiger partial charge in [-0.3, -0.25) is 8.80 Å². The van der Waals surface area contributed by atoms with Gasteiger partial charge in [-0.25, -0.2) is 38.7 Å². The Kier molecular flexibility index (Phi) is 10.1. The first-order chi connectivity index (χ1) is 27.2. The Hall–Kier alpha value is -7.18. The van der Waals surface area contributed by atoms with Crippen molar-refractivity contribution in [1.82, 2.24) is 38.7 Å². The van der Waals surface area contributed by atoms with Crippen molar-refractivity contribution >= 4 is 34.3 Å². The van der Waals surface area contributed by atoms with Gasteiger partial charge in [0.1, 0.15) is 51.7 Å². The molecular formula is C38H26F8N10O. The lowest BCUT2D eigenvalue weighted by molar-refractivity contribution is -0.141. The van der Waals surface area contributed by atoms with E-state index >= 15 is 0 Å². The minimum absolute atomic E-state index is 0.0516. The molecule has 290 valence electrons. The van der Waals surface area contributed by atoms with E-state index in [0.717, 1.165) is 50.6 Å². The van der Waals surface area contributed by atoms with Crippen molar-refractivity contribution < 1.29 is 39.9 Å². The van der Waals surface area contributed by atoms with Gasteiger partial charge in [0.25, 0.3) is 0 Å². The van der Waals surface area contributed by atoms with Gasteiger partial charge in [-0.05, 0) is 79.7 Å². The summed E-state index contributed by atoms with van der Waals surface area (Å²) in [5.41, 5.74) is -0.909. The summed E-state index contributed by atoms with van der Waals surface area (Å²) in [6.07, 6.45) is -5.02. The second-order valence-electron chi connectivity index (χ2n) is 12.1. The van der Waals surface area contributed by atoms with Gasteiger partial charge in [0.2, 0.25) is 0 Å². The number of ether oxygens (including phenoxy) is 1. The van der Waals surface area contributed by atoms with Crippen LogP contribution < -0.4 is 15.4 Å². The normalized spacial score (nSPS) is 11.7. The van der Waals surface area contributed by atoms with Gasteiger partial charge < -0.3 is 15.4 Å². The van der Waals surface area contributed by atoms with Gasteiger partial charge in [-0.2, -0.15) is 26.3 Å². The smallest absolute Gasteiger partial charge is 0.435 e. The highest BCUT2D eigenvalue weighted by atomic mass is 19.4. The zero-order chi connectivity index (χ0) is 40.5. The SMILES string of the molecule is COc1ccc(Nc2ccnc(-c3c(C(F)(F)F)nc4ccc(F)cn34)n2)cc1.Cc1ccc(Nc2ccnc(-c3c(C(F)(F)F)nc4ccc(F)cn34)n2)cc1. The molecule has 0 saturated carbocycles. The number of aryl methyl sites for hydroxylation is 1. The van der Waals surface area contributed by atoms with Crippen LogP contribution in [0.15, 0.2) is 110 Å². The molecule has 6 aromatic heterocycles. The second kappa shape index (κ2) is 15.2. The standard InChI is InChI=1S/C19H13F4N5O.C19H13F4N5/c1-29-13-5-3-12(4-6-13)25-14-8-9-24-18(26-14)16-17(19(21,22)23)27-15-7-2-11(20)10-28(15)16;1-11-2-5-13(6-3-11)25-14-8-9-24-18(26-14)16-17(19(21,22)23)27-15-7-4-12(20)10-28(15)16/h2-10H,1H3,(H,24,25,26);2-10H,1H3,(H,24,25,26). The molecule has 2 N–H and O–H groups in total. The molecule has 0 radical (unpaired) electrons. The van der Waals surface area contributed by atoms with Crippen molar-refractivity contribution in [2.24, 2.45) is 0 Å². The van der Waals surface area contributed by atoms with E-state index in [9.17, 15) is 35.1 Å². The Morgan fingerprint density at radius 3 is 1.37 bits per heavy atom. The third-order valence-corrected chi connectivity index (χ3v) is 8.12. The van der Waals surface area contributed by atoms with E-state index in [-0.39, 0.29) is 28.8 Å². The number of nitrogens with one attached hydrogen (secondary N) is 2. The Balaban J connectivity index is 0.000000174. The first kappa shape index (κ1) is 38.1. The Morgan fingerprint density at radius 1 is 0.544 bits per heavy atom. The van der Waals surface area contributed by atoms with Gasteiger partial charge in [-0.1, -0.05) is 17.7 Å². The first-order valence-corrected chi connectivity index (χ1v) is 16.6. The Bertz CT molecular complexity index is 2690. The lowest BCUT2D eigenvalue weighted by atomic mass is 10.2. The van der Waals surface area contributed by atoms with Crippen LogP contribution in [0.25, 0.3) is 34.3 Å². The number of benzene rings is 2. The number of aromatic nitrogens is 8. The maximum absolute atomic E-state index is 13.7. The van der Waals surface area contributed by atoms with E-state index in [2.05, 4.69) is 40.5 Å². The van der Waals surface area contributed by atoms with Crippen LogP contribution in [0.4, 0.5) is 58.1 Å². The molecule has 6 heterocycles. The highest BCUT2D eigenvalue weighted by molar-refractivity contribution is 5.66.